The van der Waals surface area contributed by atoms with Crippen LogP contribution in [-0.2, 0) is 5.41 Å². The summed E-state index contributed by atoms with van der Waals surface area (Å²) in [4.78, 5) is 0. The molecule has 0 spiro atoms. The summed E-state index contributed by atoms with van der Waals surface area (Å²) >= 11 is 6.49. The first-order valence-corrected chi connectivity index (χ1v) is 6.71. The molecule has 1 nitrogen and oxygen atoms in total. The van der Waals surface area contributed by atoms with Gasteiger partial charge in [-0.2, -0.15) is 0 Å². The maximum atomic E-state index is 10.0. The Bertz CT molecular complexity index is 501. The van der Waals surface area contributed by atoms with Gasteiger partial charge in [0.25, 0.3) is 0 Å². The van der Waals surface area contributed by atoms with E-state index in [1.54, 1.807) is 0 Å². The molecule has 0 aromatic heterocycles. The fourth-order valence-corrected chi connectivity index (χ4v) is 2.86. The van der Waals surface area contributed by atoms with Crippen LogP contribution in [0.15, 0.2) is 12.1 Å². The van der Waals surface area contributed by atoms with Crippen molar-refractivity contribution in [2.75, 3.05) is 0 Å². The highest BCUT2D eigenvalue weighted by atomic mass is 35.5. The molecule has 0 aliphatic heterocycles. The predicted octanol–water partition coefficient (Wildman–Crippen LogP) is 4.18. The van der Waals surface area contributed by atoms with Crippen molar-refractivity contribution < 1.29 is 5.11 Å². The Morgan fingerprint density at radius 3 is 2.44 bits per heavy atom. The van der Waals surface area contributed by atoms with Crippen LogP contribution < -0.4 is 0 Å². The molecule has 0 amide bonds. The van der Waals surface area contributed by atoms with Gasteiger partial charge in [-0.15, -0.1) is 6.42 Å². The van der Waals surface area contributed by atoms with Crippen molar-refractivity contribution in [2.45, 2.75) is 51.0 Å². The first-order chi connectivity index (χ1) is 8.36. The molecule has 1 aliphatic rings. The lowest BCUT2D eigenvalue weighted by molar-refractivity contribution is 0.237. The minimum Gasteiger partial charge on any atom is -0.376 e. The molecule has 0 radical (unpaired) electrons. The van der Waals surface area contributed by atoms with Crippen molar-refractivity contribution in [1.82, 2.24) is 0 Å². The molecule has 2 heteroatoms. The molecule has 0 heterocycles. The van der Waals surface area contributed by atoms with Gasteiger partial charge in [0, 0.05) is 5.56 Å². The molecule has 1 fully saturated rings. The fourth-order valence-electron chi connectivity index (χ4n) is 2.30. The summed E-state index contributed by atoms with van der Waals surface area (Å²) in [5, 5.41) is 10.7. The van der Waals surface area contributed by atoms with Crippen molar-refractivity contribution in [3.63, 3.8) is 0 Å². The number of aliphatic hydroxyl groups excluding tert-OH is 1. The summed E-state index contributed by atoms with van der Waals surface area (Å²) in [6, 6.07) is 4.16. The Hall–Kier alpha value is -0.970. The molecule has 0 bridgehead atoms. The minimum absolute atomic E-state index is 0.0533. The van der Waals surface area contributed by atoms with Crippen LogP contribution in [0.25, 0.3) is 0 Å². The first kappa shape index (κ1) is 13.5. The van der Waals surface area contributed by atoms with Crippen LogP contribution in [0.2, 0.25) is 5.02 Å². The van der Waals surface area contributed by atoms with Crippen LogP contribution in [-0.4, -0.2) is 5.11 Å². The molecule has 1 aromatic carbocycles. The molecule has 1 atom stereocenters. The number of halogens is 1. The van der Waals surface area contributed by atoms with Crippen LogP contribution in [0.1, 0.15) is 62.3 Å². The van der Waals surface area contributed by atoms with Gasteiger partial charge in [0.2, 0.25) is 0 Å². The Balaban J connectivity index is 2.61. The molecule has 0 saturated heterocycles. The highest BCUT2D eigenvalue weighted by Crippen LogP contribution is 2.46. The quantitative estimate of drug-likeness (QED) is 0.793. The number of benzene rings is 1. The summed E-state index contributed by atoms with van der Waals surface area (Å²) in [5.41, 5.74) is 2.85. The lowest BCUT2D eigenvalue weighted by atomic mass is 9.83. The molecular formula is C16H19ClO. The summed E-state index contributed by atoms with van der Waals surface area (Å²) in [6.07, 6.45) is 6.78. The molecule has 1 N–H and O–H groups in total. The average molecular weight is 263 g/mol. The number of terminal acetylenes is 1. The third-order valence-corrected chi connectivity index (χ3v) is 3.88. The summed E-state index contributed by atoms with van der Waals surface area (Å²) in [7, 11) is 0. The molecule has 18 heavy (non-hydrogen) atoms. The largest absolute Gasteiger partial charge is 0.376 e. The predicted molar refractivity (Wildman–Crippen MR) is 75.9 cm³/mol. The second-order valence-electron chi connectivity index (χ2n) is 6.02. The second kappa shape index (κ2) is 4.61. The molecule has 1 aliphatic carbocycles. The highest BCUT2D eigenvalue weighted by Gasteiger charge is 2.31. The average Bonchev–Trinajstić information content (AvgIpc) is 3.09. The number of hydrogen-bond acceptors (Lipinski definition) is 1. The van der Waals surface area contributed by atoms with Crippen LogP contribution in [0.4, 0.5) is 0 Å². The zero-order chi connectivity index (χ0) is 13.5. The Morgan fingerprint density at radius 2 is 2.00 bits per heavy atom. The van der Waals surface area contributed by atoms with Crippen molar-refractivity contribution in [1.29, 1.82) is 0 Å². The van der Waals surface area contributed by atoms with Crippen LogP contribution in [0, 0.1) is 12.3 Å². The van der Waals surface area contributed by atoms with E-state index in [1.165, 1.54) is 0 Å². The third kappa shape index (κ3) is 2.41. The normalized spacial score (nSPS) is 17.3. The monoisotopic (exact) mass is 262 g/mol. The molecule has 96 valence electrons. The Morgan fingerprint density at radius 1 is 1.39 bits per heavy atom. The van der Waals surface area contributed by atoms with E-state index < -0.39 is 6.10 Å². The summed E-state index contributed by atoms with van der Waals surface area (Å²) in [6.45, 7) is 6.32. The van der Waals surface area contributed by atoms with Gasteiger partial charge in [-0.1, -0.05) is 50.4 Å². The molecule has 1 aromatic rings. The van der Waals surface area contributed by atoms with E-state index >= 15 is 0 Å². The summed E-state index contributed by atoms with van der Waals surface area (Å²) < 4.78 is 0. The van der Waals surface area contributed by atoms with Gasteiger partial charge >= 0.3 is 0 Å². The maximum absolute atomic E-state index is 10.0. The zero-order valence-electron chi connectivity index (χ0n) is 11.1. The molecule has 1 saturated carbocycles. The van der Waals surface area contributed by atoms with Crippen molar-refractivity contribution in [3.05, 3.63) is 33.8 Å². The minimum atomic E-state index is -0.907. The van der Waals surface area contributed by atoms with Crippen LogP contribution in [0.3, 0.4) is 0 Å². The zero-order valence-corrected chi connectivity index (χ0v) is 11.9. The van der Waals surface area contributed by atoms with Gasteiger partial charge in [-0.3, -0.25) is 0 Å². The van der Waals surface area contributed by atoms with Crippen molar-refractivity contribution >= 4 is 11.6 Å². The lowest BCUT2D eigenvalue weighted by Gasteiger charge is -2.24. The molecule has 1 unspecified atom stereocenters. The van der Waals surface area contributed by atoms with E-state index in [4.69, 9.17) is 18.0 Å². The topological polar surface area (TPSA) is 20.2 Å². The van der Waals surface area contributed by atoms with E-state index in [1.807, 2.05) is 0 Å². The van der Waals surface area contributed by atoms with E-state index in [0.29, 0.717) is 10.9 Å². The Labute approximate surface area is 114 Å². The van der Waals surface area contributed by atoms with Gasteiger partial charge in [-0.05, 0) is 35.3 Å². The van der Waals surface area contributed by atoms with E-state index in [0.717, 1.165) is 29.5 Å². The SMILES string of the molecule is C#CC(O)c1c(C2CC2)ccc(C(C)(C)C)c1Cl. The number of rotatable bonds is 2. The fraction of sp³-hybridized carbons (Fsp3) is 0.500. The third-order valence-electron chi connectivity index (χ3n) is 3.47. The standard InChI is InChI=1S/C16H19ClO/c1-5-13(18)14-11(10-6-7-10)8-9-12(15(14)17)16(2,3)4/h1,8-10,13,18H,6-7H2,2-4H3. The van der Waals surface area contributed by atoms with Crippen molar-refractivity contribution in [3.8, 4) is 12.3 Å². The Kier molecular flexibility index (Phi) is 3.45. The highest BCUT2D eigenvalue weighted by molar-refractivity contribution is 6.32. The van der Waals surface area contributed by atoms with Gasteiger partial charge in [0.15, 0.2) is 0 Å². The van der Waals surface area contributed by atoms with Crippen LogP contribution >= 0.6 is 11.6 Å². The number of hydrogen-bond donors (Lipinski definition) is 1. The van der Waals surface area contributed by atoms with Gasteiger partial charge < -0.3 is 5.11 Å². The van der Waals surface area contributed by atoms with Crippen molar-refractivity contribution in [2.24, 2.45) is 0 Å². The smallest absolute Gasteiger partial charge is 0.141 e. The second-order valence-corrected chi connectivity index (χ2v) is 6.40. The van der Waals surface area contributed by atoms with E-state index in [2.05, 4.69) is 38.8 Å². The van der Waals surface area contributed by atoms with E-state index in [9.17, 15) is 5.11 Å². The first-order valence-electron chi connectivity index (χ1n) is 6.33. The summed E-state index contributed by atoms with van der Waals surface area (Å²) in [5.74, 6) is 2.92. The van der Waals surface area contributed by atoms with Crippen LogP contribution in [0.5, 0.6) is 0 Å². The maximum Gasteiger partial charge on any atom is 0.141 e. The number of aliphatic hydroxyl groups is 1. The molecular weight excluding hydrogens is 244 g/mol. The lowest BCUT2D eigenvalue weighted by Crippen LogP contribution is -2.14. The van der Waals surface area contributed by atoms with Gasteiger partial charge in [-0.25, -0.2) is 0 Å². The van der Waals surface area contributed by atoms with E-state index in [-0.39, 0.29) is 5.41 Å². The molecule has 2 rings (SSSR count). The van der Waals surface area contributed by atoms with Gasteiger partial charge in [0.1, 0.15) is 6.10 Å². The van der Waals surface area contributed by atoms with Gasteiger partial charge in [0.05, 0.1) is 5.02 Å².